The summed E-state index contributed by atoms with van der Waals surface area (Å²) in [5.41, 5.74) is 3.73. The lowest BCUT2D eigenvalue weighted by molar-refractivity contribution is 0.0626. The molecule has 3 aliphatic heterocycles. The van der Waals surface area contributed by atoms with Gasteiger partial charge in [-0.25, -0.2) is 9.97 Å². The molecular weight excluding hydrogens is 460 g/mol. The molecule has 0 radical (unpaired) electrons. The topological polar surface area (TPSA) is 64.6 Å². The van der Waals surface area contributed by atoms with Crippen LogP contribution in [0, 0.1) is 0 Å². The predicted octanol–water partition coefficient (Wildman–Crippen LogP) is 4.46. The molecular formula is C30H32N6O. The van der Waals surface area contributed by atoms with Crippen LogP contribution in [0.15, 0.2) is 67.2 Å². The molecule has 0 atom stereocenters. The number of carbonyl (C=O) groups excluding carboxylic acids is 1. The summed E-state index contributed by atoms with van der Waals surface area (Å²) in [7, 11) is 2.08. The number of carbonyl (C=O) groups is 1. The largest absolute Gasteiger partial charge is 0.375 e. The number of hydrogen-bond acceptors (Lipinski definition) is 6. The average molecular weight is 493 g/mol. The molecule has 0 unspecified atom stereocenters. The molecule has 1 N–H and O–H groups in total. The van der Waals surface area contributed by atoms with Gasteiger partial charge in [-0.3, -0.25) is 9.69 Å². The Balaban J connectivity index is 1.34. The highest BCUT2D eigenvalue weighted by Gasteiger charge is 2.23. The van der Waals surface area contributed by atoms with Crippen LogP contribution in [0.2, 0.25) is 0 Å². The second-order valence-electron chi connectivity index (χ2n) is 10.00. The van der Waals surface area contributed by atoms with Crippen LogP contribution in [0.25, 0.3) is 27.4 Å². The molecule has 4 heterocycles. The van der Waals surface area contributed by atoms with Crippen molar-refractivity contribution >= 4 is 39.1 Å². The monoisotopic (exact) mass is 492 g/mol. The summed E-state index contributed by atoms with van der Waals surface area (Å²) in [5.74, 6) is 1.78. The predicted molar refractivity (Wildman–Crippen MR) is 149 cm³/mol. The molecule has 1 aromatic heterocycles. The van der Waals surface area contributed by atoms with Gasteiger partial charge in [0.1, 0.15) is 11.6 Å². The van der Waals surface area contributed by atoms with Crippen molar-refractivity contribution in [3.63, 3.8) is 0 Å². The van der Waals surface area contributed by atoms with Gasteiger partial charge in [0, 0.05) is 63.0 Å². The van der Waals surface area contributed by atoms with Crippen molar-refractivity contribution in [3.05, 3.63) is 84.2 Å². The molecule has 188 valence electrons. The highest BCUT2D eigenvalue weighted by molar-refractivity contribution is 5.99. The number of nitrogens with one attached hydrogen (secondary N) is 1. The molecule has 7 nitrogen and oxygen atoms in total. The molecule has 0 saturated carbocycles. The van der Waals surface area contributed by atoms with Crippen LogP contribution < -0.4 is 5.32 Å². The maximum Gasteiger partial charge on any atom is 0.253 e. The summed E-state index contributed by atoms with van der Waals surface area (Å²) < 4.78 is 0. The standard InChI is InChI=1S/C30H32N6O/c1-21-23-10-8-22-9-11-24(19-25(22)18-23)30(37)36-16-14-35(15-17-36)20-28-32-27-7-4-3-6-26(27)29(33-28)31-12-5-13-34(21)2/h3-4,6-11,18-19H,1,5,12-17,20H2,2H3,(H,31,32,33). The van der Waals surface area contributed by atoms with E-state index >= 15 is 0 Å². The number of amides is 1. The van der Waals surface area contributed by atoms with Gasteiger partial charge >= 0.3 is 0 Å². The van der Waals surface area contributed by atoms with Gasteiger partial charge in [-0.1, -0.05) is 36.9 Å². The van der Waals surface area contributed by atoms with Crippen molar-refractivity contribution in [1.29, 1.82) is 0 Å². The Hall–Kier alpha value is -3.97. The van der Waals surface area contributed by atoms with E-state index in [0.29, 0.717) is 19.6 Å². The van der Waals surface area contributed by atoms with Gasteiger partial charge in [-0.2, -0.15) is 0 Å². The first-order valence-electron chi connectivity index (χ1n) is 13.0. The quantitative estimate of drug-likeness (QED) is 0.391. The van der Waals surface area contributed by atoms with Gasteiger partial charge in [-0.15, -0.1) is 0 Å². The maximum atomic E-state index is 13.4. The van der Waals surface area contributed by atoms with Crippen LogP contribution in [0.4, 0.5) is 5.82 Å². The van der Waals surface area contributed by atoms with Gasteiger partial charge in [0.2, 0.25) is 0 Å². The third kappa shape index (κ3) is 4.74. The summed E-state index contributed by atoms with van der Waals surface area (Å²) in [5, 5.41) is 6.79. The van der Waals surface area contributed by atoms with E-state index in [9.17, 15) is 4.79 Å². The Bertz CT molecular complexity index is 1490. The Morgan fingerprint density at radius 3 is 2.46 bits per heavy atom. The van der Waals surface area contributed by atoms with Gasteiger partial charge in [-0.05, 0) is 53.1 Å². The van der Waals surface area contributed by atoms with Crippen LogP contribution in [-0.4, -0.2) is 76.9 Å². The van der Waals surface area contributed by atoms with Crippen LogP contribution in [0.5, 0.6) is 0 Å². The Labute approximate surface area is 217 Å². The SMILES string of the molecule is C=C1c2ccc3ccc(cc3c2)C(=O)N2CCN(CC2)Cc2nc(c3ccccc3n2)NCCCN1C. The molecule has 7 rings (SSSR count). The molecule has 1 amide bonds. The second kappa shape index (κ2) is 9.82. The molecule has 1 fully saturated rings. The van der Waals surface area contributed by atoms with E-state index in [4.69, 9.17) is 9.97 Å². The smallest absolute Gasteiger partial charge is 0.253 e. The summed E-state index contributed by atoms with van der Waals surface area (Å²) in [4.78, 5) is 29.6. The Morgan fingerprint density at radius 1 is 0.865 bits per heavy atom. The number of piperazine rings is 1. The minimum Gasteiger partial charge on any atom is -0.375 e. The second-order valence-corrected chi connectivity index (χ2v) is 10.00. The van der Waals surface area contributed by atoms with Crippen molar-refractivity contribution < 1.29 is 4.79 Å². The third-order valence-electron chi connectivity index (χ3n) is 7.52. The zero-order chi connectivity index (χ0) is 25.4. The van der Waals surface area contributed by atoms with Gasteiger partial charge < -0.3 is 15.1 Å². The molecule has 0 spiro atoms. The molecule has 1 saturated heterocycles. The highest BCUT2D eigenvalue weighted by atomic mass is 16.2. The first kappa shape index (κ1) is 23.4. The molecule has 0 aliphatic carbocycles. The van der Waals surface area contributed by atoms with E-state index in [1.165, 1.54) is 0 Å². The normalized spacial score (nSPS) is 17.6. The number of anilines is 1. The number of aromatic nitrogens is 2. The number of rotatable bonds is 0. The highest BCUT2D eigenvalue weighted by Crippen LogP contribution is 2.25. The van der Waals surface area contributed by atoms with Crippen LogP contribution >= 0.6 is 0 Å². The van der Waals surface area contributed by atoms with Crippen molar-refractivity contribution in [2.24, 2.45) is 0 Å². The van der Waals surface area contributed by atoms with E-state index in [1.54, 1.807) is 0 Å². The molecule has 4 aromatic rings. The lowest BCUT2D eigenvalue weighted by atomic mass is 10.0. The molecule has 7 bridgehead atoms. The number of nitrogens with zero attached hydrogens (tertiary/aromatic N) is 5. The molecule has 3 aliphatic rings. The number of para-hydroxylation sites is 1. The summed E-state index contributed by atoms with van der Waals surface area (Å²) in [6, 6.07) is 20.5. The fourth-order valence-electron chi connectivity index (χ4n) is 5.26. The van der Waals surface area contributed by atoms with Crippen molar-refractivity contribution in [2.45, 2.75) is 13.0 Å². The van der Waals surface area contributed by atoms with E-state index in [1.807, 2.05) is 41.3 Å². The lowest BCUT2D eigenvalue weighted by Crippen LogP contribution is -2.48. The van der Waals surface area contributed by atoms with Gasteiger partial charge in [0.15, 0.2) is 0 Å². The summed E-state index contributed by atoms with van der Waals surface area (Å²) in [6.07, 6.45) is 0.942. The third-order valence-corrected chi connectivity index (χ3v) is 7.52. The first-order chi connectivity index (χ1) is 18.0. The first-order valence-corrected chi connectivity index (χ1v) is 13.0. The van der Waals surface area contributed by atoms with E-state index in [2.05, 4.69) is 53.0 Å². The van der Waals surface area contributed by atoms with Crippen molar-refractivity contribution in [3.8, 4) is 0 Å². The molecule has 7 heteroatoms. The van der Waals surface area contributed by atoms with Crippen LogP contribution in [0.1, 0.15) is 28.2 Å². The molecule has 37 heavy (non-hydrogen) atoms. The zero-order valence-corrected chi connectivity index (χ0v) is 21.3. The number of benzene rings is 3. The Morgan fingerprint density at radius 2 is 1.62 bits per heavy atom. The minimum atomic E-state index is 0.0887. The van der Waals surface area contributed by atoms with Gasteiger partial charge in [0.25, 0.3) is 5.91 Å². The van der Waals surface area contributed by atoms with Crippen LogP contribution in [0.3, 0.4) is 0 Å². The lowest BCUT2D eigenvalue weighted by Gasteiger charge is -2.34. The fraction of sp³-hybridized carbons (Fsp3) is 0.300. The van der Waals surface area contributed by atoms with Crippen molar-refractivity contribution in [1.82, 2.24) is 24.7 Å². The van der Waals surface area contributed by atoms with Crippen molar-refractivity contribution in [2.75, 3.05) is 51.6 Å². The zero-order valence-electron chi connectivity index (χ0n) is 21.3. The van der Waals surface area contributed by atoms with E-state index in [0.717, 1.165) is 82.7 Å². The van der Waals surface area contributed by atoms with E-state index < -0.39 is 0 Å². The maximum absolute atomic E-state index is 13.4. The van der Waals surface area contributed by atoms with Gasteiger partial charge in [0.05, 0.1) is 12.1 Å². The summed E-state index contributed by atoms with van der Waals surface area (Å²) in [6.45, 7) is 9.68. The Kier molecular flexibility index (Phi) is 6.22. The van der Waals surface area contributed by atoms with Crippen LogP contribution in [-0.2, 0) is 6.54 Å². The summed E-state index contributed by atoms with van der Waals surface area (Å²) >= 11 is 0. The molecule has 3 aromatic carbocycles. The number of fused-ring (bicyclic) bond motifs is 8. The average Bonchev–Trinajstić information content (AvgIpc) is 2.93. The fourth-order valence-corrected chi connectivity index (χ4v) is 5.26. The van der Waals surface area contributed by atoms with E-state index in [-0.39, 0.29) is 5.91 Å². The number of hydrogen-bond donors (Lipinski definition) is 1. The minimum absolute atomic E-state index is 0.0887.